The van der Waals surface area contributed by atoms with Crippen molar-refractivity contribution in [3.63, 3.8) is 0 Å². The molecule has 3 rings (SSSR count). The van der Waals surface area contributed by atoms with Gasteiger partial charge in [0.25, 0.3) is 0 Å². The lowest BCUT2D eigenvalue weighted by Gasteiger charge is -2.16. The molecule has 1 aliphatic heterocycles. The van der Waals surface area contributed by atoms with E-state index < -0.39 is 5.97 Å². The van der Waals surface area contributed by atoms with Crippen molar-refractivity contribution >= 4 is 40.5 Å². The van der Waals surface area contributed by atoms with E-state index in [0.29, 0.717) is 11.4 Å². The van der Waals surface area contributed by atoms with E-state index >= 15 is 0 Å². The average Bonchev–Trinajstić information content (AvgIpc) is 3.25. The maximum absolute atomic E-state index is 12.0. The van der Waals surface area contributed by atoms with E-state index in [1.54, 1.807) is 6.92 Å². The molecule has 1 amide bonds. The van der Waals surface area contributed by atoms with E-state index in [2.05, 4.69) is 4.98 Å². The summed E-state index contributed by atoms with van der Waals surface area (Å²) in [6.07, 6.45) is 4.05. The van der Waals surface area contributed by atoms with E-state index in [9.17, 15) is 14.4 Å². The molecule has 1 aromatic carbocycles. The number of amides is 1. The Bertz CT molecular complexity index is 905. The van der Waals surface area contributed by atoms with Crippen LogP contribution in [0.5, 0.6) is 0 Å². The second-order valence-corrected chi connectivity index (χ2v) is 7.14. The molecule has 0 saturated carbocycles. The smallest absolute Gasteiger partial charge is 0.333 e. The molecule has 1 saturated heterocycles. The van der Waals surface area contributed by atoms with Crippen LogP contribution in [0.25, 0.3) is 10.9 Å². The van der Waals surface area contributed by atoms with Crippen LogP contribution >= 0.6 is 11.8 Å². The number of para-hydroxylation sites is 1. The number of aromatic amines is 1. The predicted octanol–water partition coefficient (Wildman–Crippen LogP) is 2.62. The summed E-state index contributed by atoms with van der Waals surface area (Å²) in [5, 5.41) is 1.63. The molecule has 0 unspecified atom stereocenters. The van der Waals surface area contributed by atoms with Crippen molar-refractivity contribution in [2.45, 2.75) is 19.8 Å². The number of nitrogens with one attached hydrogen (secondary N) is 1. The van der Waals surface area contributed by atoms with E-state index in [-0.39, 0.29) is 43.8 Å². The lowest BCUT2D eigenvalue weighted by atomic mass is 10.1. The van der Waals surface area contributed by atoms with Crippen molar-refractivity contribution in [1.29, 1.82) is 0 Å². The van der Waals surface area contributed by atoms with Gasteiger partial charge < -0.3 is 19.4 Å². The van der Waals surface area contributed by atoms with E-state index in [1.165, 1.54) is 22.7 Å². The molecule has 1 aliphatic rings. The number of benzene rings is 1. The summed E-state index contributed by atoms with van der Waals surface area (Å²) >= 11 is 1.27. The molecule has 0 aliphatic carbocycles. The van der Waals surface area contributed by atoms with Gasteiger partial charge in [-0.15, -0.1) is 0 Å². The number of aromatic nitrogens is 1. The number of hydrogen-bond donors (Lipinski definition) is 1. The van der Waals surface area contributed by atoms with Crippen molar-refractivity contribution in [2.75, 3.05) is 25.5 Å². The predicted molar refractivity (Wildman–Crippen MR) is 106 cm³/mol. The Morgan fingerprint density at radius 3 is 2.93 bits per heavy atom. The molecule has 0 spiro atoms. The van der Waals surface area contributed by atoms with Crippen LogP contribution in [0, 0.1) is 0 Å². The molecule has 1 aromatic heterocycles. The number of thioether (sulfide) groups is 1. The molecule has 1 N–H and O–H groups in total. The average molecular weight is 402 g/mol. The first kappa shape index (κ1) is 20.0. The lowest BCUT2D eigenvalue weighted by Crippen LogP contribution is -2.29. The zero-order valence-corrected chi connectivity index (χ0v) is 16.4. The molecule has 0 atom stereocenters. The van der Waals surface area contributed by atoms with Crippen LogP contribution in [0.15, 0.2) is 41.6 Å². The van der Waals surface area contributed by atoms with Crippen molar-refractivity contribution < 1.29 is 23.9 Å². The van der Waals surface area contributed by atoms with Gasteiger partial charge in [0.05, 0.1) is 30.0 Å². The first-order chi connectivity index (χ1) is 13.6. The van der Waals surface area contributed by atoms with E-state index in [4.69, 9.17) is 9.47 Å². The first-order valence-electron chi connectivity index (χ1n) is 9.10. The molecule has 2 aromatic rings. The Labute approximate surface area is 167 Å². The van der Waals surface area contributed by atoms with Crippen LogP contribution < -0.4 is 0 Å². The van der Waals surface area contributed by atoms with Crippen molar-refractivity contribution in [2.24, 2.45) is 0 Å². The standard InChI is InChI=1S/C20H22N2O5S/c1-2-26-20(25)11-18-22(17(23)13-28-18)9-10-27-19(24)8-7-14-12-21-16-6-4-3-5-15(14)16/h3-6,11-12,21H,2,7-10,13H2,1H3/b18-11-. The molecule has 148 valence electrons. The summed E-state index contributed by atoms with van der Waals surface area (Å²) < 4.78 is 10.1. The first-order valence-corrected chi connectivity index (χ1v) is 10.1. The van der Waals surface area contributed by atoms with Gasteiger partial charge >= 0.3 is 11.9 Å². The highest BCUT2D eigenvalue weighted by molar-refractivity contribution is 8.04. The molecule has 28 heavy (non-hydrogen) atoms. The molecule has 0 radical (unpaired) electrons. The summed E-state index contributed by atoms with van der Waals surface area (Å²) in [6, 6.07) is 7.92. The van der Waals surface area contributed by atoms with Gasteiger partial charge in [-0.05, 0) is 25.0 Å². The highest BCUT2D eigenvalue weighted by Gasteiger charge is 2.27. The summed E-state index contributed by atoms with van der Waals surface area (Å²) in [5.74, 6) is -0.656. The Morgan fingerprint density at radius 2 is 2.11 bits per heavy atom. The lowest BCUT2D eigenvalue weighted by molar-refractivity contribution is -0.145. The molecule has 0 bridgehead atoms. The maximum Gasteiger partial charge on any atom is 0.333 e. The quantitative estimate of drug-likeness (QED) is 0.539. The van der Waals surface area contributed by atoms with E-state index in [0.717, 1.165) is 16.5 Å². The Kier molecular flexibility index (Phi) is 6.76. The number of carbonyl (C=O) groups excluding carboxylic acids is 3. The molecular weight excluding hydrogens is 380 g/mol. The third-order valence-corrected chi connectivity index (χ3v) is 5.32. The summed E-state index contributed by atoms with van der Waals surface area (Å²) in [6.45, 7) is 2.29. The van der Waals surface area contributed by atoms with Gasteiger partial charge in [0.15, 0.2) is 0 Å². The minimum atomic E-state index is -0.486. The summed E-state index contributed by atoms with van der Waals surface area (Å²) in [7, 11) is 0. The fourth-order valence-corrected chi connectivity index (χ4v) is 3.91. The highest BCUT2D eigenvalue weighted by Crippen LogP contribution is 2.28. The van der Waals surface area contributed by atoms with Gasteiger partial charge in [0, 0.05) is 23.5 Å². The van der Waals surface area contributed by atoms with Gasteiger partial charge in [0.1, 0.15) is 6.61 Å². The van der Waals surface area contributed by atoms with Crippen molar-refractivity contribution in [3.8, 4) is 0 Å². The minimum Gasteiger partial charge on any atom is -0.464 e. The Balaban J connectivity index is 1.46. The number of carbonyl (C=O) groups is 3. The van der Waals surface area contributed by atoms with Crippen LogP contribution in [0.1, 0.15) is 18.9 Å². The summed E-state index contributed by atoms with van der Waals surface area (Å²) in [5.41, 5.74) is 2.11. The minimum absolute atomic E-state index is 0.0825. The second-order valence-electron chi connectivity index (χ2n) is 6.15. The van der Waals surface area contributed by atoms with Crippen LogP contribution in [0.3, 0.4) is 0 Å². The van der Waals surface area contributed by atoms with Crippen molar-refractivity contribution in [3.05, 3.63) is 47.1 Å². The summed E-state index contributed by atoms with van der Waals surface area (Å²) in [4.78, 5) is 40.2. The number of nitrogens with zero attached hydrogens (tertiary/aromatic N) is 1. The zero-order valence-electron chi connectivity index (χ0n) is 15.6. The van der Waals surface area contributed by atoms with Gasteiger partial charge in [0.2, 0.25) is 5.91 Å². The zero-order chi connectivity index (χ0) is 19.9. The highest BCUT2D eigenvalue weighted by atomic mass is 32.2. The number of hydrogen-bond acceptors (Lipinski definition) is 6. The fraction of sp³-hybridized carbons (Fsp3) is 0.350. The number of aryl methyl sites for hydroxylation is 1. The maximum atomic E-state index is 12.0. The molecular formula is C20H22N2O5S. The third kappa shape index (κ3) is 4.95. The van der Waals surface area contributed by atoms with Crippen LogP contribution in [0.2, 0.25) is 0 Å². The fourth-order valence-electron chi connectivity index (χ4n) is 2.95. The number of H-pyrrole nitrogens is 1. The SMILES string of the molecule is CCOC(=O)/C=C1\SCC(=O)N1CCOC(=O)CCc1c[nH]c2ccccc12. The van der Waals surface area contributed by atoms with Crippen LogP contribution in [-0.4, -0.2) is 53.2 Å². The number of esters is 2. The normalized spacial score (nSPS) is 15.4. The second kappa shape index (κ2) is 9.45. The Morgan fingerprint density at radius 1 is 1.29 bits per heavy atom. The van der Waals surface area contributed by atoms with Gasteiger partial charge in [-0.1, -0.05) is 30.0 Å². The number of fused-ring (bicyclic) bond motifs is 1. The Hall–Kier alpha value is -2.74. The van der Waals surface area contributed by atoms with Crippen molar-refractivity contribution in [1.82, 2.24) is 9.88 Å². The monoisotopic (exact) mass is 402 g/mol. The number of ether oxygens (including phenoxy) is 2. The topological polar surface area (TPSA) is 88.7 Å². The number of rotatable bonds is 8. The largest absolute Gasteiger partial charge is 0.464 e. The third-order valence-electron chi connectivity index (χ3n) is 4.29. The molecule has 1 fully saturated rings. The molecule has 2 heterocycles. The van der Waals surface area contributed by atoms with Gasteiger partial charge in [-0.3, -0.25) is 9.59 Å². The van der Waals surface area contributed by atoms with Gasteiger partial charge in [-0.25, -0.2) is 4.79 Å². The van der Waals surface area contributed by atoms with Crippen LogP contribution in [-0.2, 0) is 30.3 Å². The molecule has 7 nitrogen and oxygen atoms in total. The van der Waals surface area contributed by atoms with Crippen LogP contribution in [0.4, 0.5) is 0 Å². The van der Waals surface area contributed by atoms with Gasteiger partial charge in [-0.2, -0.15) is 0 Å². The molecule has 8 heteroatoms. The van der Waals surface area contributed by atoms with E-state index in [1.807, 2.05) is 30.5 Å².